The van der Waals surface area contributed by atoms with Gasteiger partial charge in [-0.05, 0) is 64.2 Å². The fourth-order valence-corrected chi connectivity index (χ4v) is 8.49. The highest BCUT2D eigenvalue weighted by molar-refractivity contribution is 7.45. The first-order chi connectivity index (χ1) is 34.5. The van der Waals surface area contributed by atoms with Crippen LogP contribution in [0.1, 0.15) is 239 Å². The second-order valence-corrected chi connectivity index (χ2v) is 21.7. The molecule has 0 aromatic heterocycles. The molecule has 10 heteroatoms. The van der Waals surface area contributed by atoms with Gasteiger partial charge in [-0.25, -0.2) is 0 Å². The van der Waals surface area contributed by atoms with Crippen molar-refractivity contribution in [1.29, 1.82) is 0 Å². The predicted octanol–water partition coefficient (Wildman–Crippen LogP) is 17.2. The minimum absolute atomic E-state index is 0.0447. The summed E-state index contributed by atoms with van der Waals surface area (Å²) in [5.41, 5.74) is 0. The summed E-state index contributed by atoms with van der Waals surface area (Å²) in [6.45, 7) is 4.08. The number of ether oxygens (including phenoxy) is 2. The van der Waals surface area contributed by atoms with Crippen LogP contribution in [-0.2, 0) is 32.7 Å². The number of allylic oxidation sites excluding steroid dienone is 14. The molecular formula is C61H108NO8P. The molecule has 9 nitrogen and oxygen atoms in total. The van der Waals surface area contributed by atoms with E-state index >= 15 is 0 Å². The molecule has 0 aromatic carbocycles. The van der Waals surface area contributed by atoms with Crippen LogP contribution in [0.15, 0.2) is 85.1 Å². The Morgan fingerprint density at radius 3 is 1.18 bits per heavy atom. The van der Waals surface area contributed by atoms with Gasteiger partial charge in [0.05, 0.1) is 27.7 Å². The molecule has 0 saturated heterocycles. The number of esters is 2. The number of hydrogen-bond donors (Lipinski definition) is 0. The molecule has 0 radical (unpaired) electrons. The van der Waals surface area contributed by atoms with Gasteiger partial charge in [0, 0.05) is 12.8 Å². The standard InChI is InChI=1S/C61H108NO8P/c1-6-8-10-12-14-16-18-20-22-24-26-28-30-32-33-35-37-39-41-43-45-47-49-51-53-60(63)67-57-59(58-69-71(65,66)68-56-55-62(3,4)5)70-61(64)54-52-50-48-46-44-42-40-38-36-34-31-29-27-25-23-21-19-17-15-13-11-9-7-2/h9,11,15,17,21,23,27,29,34,36,40,42,46,48,59H,6-8,10,12-14,16,18-20,22,24-26,28,30-33,35,37-39,41,43-45,47,49-58H2,1-5H3/b11-9-,17-15-,23-21-,29-27-,36-34-,42-40-,48-46-. The van der Waals surface area contributed by atoms with E-state index in [2.05, 4.69) is 92.8 Å². The van der Waals surface area contributed by atoms with E-state index < -0.39 is 32.5 Å². The van der Waals surface area contributed by atoms with Crippen LogP contribution in [0, 0.1) is 0 Å². The van der Waals surface area contributed by atoms with Gasteiger partial charge in [0.1, 0.15) is 19.8 Å². The number of quaternary nitrogens is 1. The first-order valence-corrected chi connectivity index (χ1v) is 30.3. The molecule has 0 bridgehead atoms. The van der Waals surface area contributed by atoms with Crippen molar-refractivity contribution < 1.29 is 42.1 Å². The number of carbonyl (C=O) groups excluding carboxylic acids is 2. The Morgan fingerprint density at radius 2 is 0.803 bits per heavy atom. The fourth-order valence-electron chi connectivity index (χ4n) is 7.76. The van der Waals surface area contributed by atoms with Crippen LogP contribution < -0.4 is 4.89 Å². The summed E-state index contributed by atoms with van der Waals surface area (Å²) in [6.07, 6.45) is 69.3. The second kappa shape index (κ2) is 52.1. The lowest BCUT2D eigenvalue weighted by molar-refractivity contribution is -0.870. The largest absolute Gasteiger partial charge is 0.756 e. The molecule has 0 N–H and O–H groups in total. The summed E-state index contributed by atoms with van der Waals surface area (Å²) >= 11 is 0. The van der Waals surface area contributed by atoms with Gasteiger partial charge in [-0.3, -0.25) is 14.2 Å². The van der Waals surface area contributed by atoms with Gasteiger partial charge in [0.15, 0.2) is 6.10 Å². The minimum atomic E-state index is -4.66. The molecule has 0 aliphatic carbocycles. The Hall–Kier alpha value is -2.81. The lowest BCUT2D eigenvalue weighted by Crippen LogP contribution is -2.37. The number of likely N-dealkylation sites (N-methyl/N-ethyl adjacent to an activating group) is 1. The summed E-state index contributed by atoms with van der Waals surface area (Å²) in [7, 11) is 1.12. The van der Waals surface area contributed by atoms with Crippen LogP contribution in [0.4, 0.5) is 0 Å². The molecule has 0 saturated carbocycles. The van der Waals surface area contributed by atoms with E-state index in [9.17, 15) is 19.0 Å². The lowest BCUT2D eigenvalue weighted by atomic mass is 10.0. The van der Waals surface area contributed by atoms with E-state index in [0.29, 0.717) is 23.9 Å². The molecule has 410 valence electrons. The van der Waals surface area contributed by atoms with Crippen molar-refractivity contribution in [3.05, 3.63) is 85.1 Å². The molecular weight excluding hydrogens is 906 g/mol. The number of nitrogens with zero attached hydrogens (tertiary/aromatic N) is 1. The van der Waals surface area contributed by atoms with Crippen LogP contribution in [-0.4, -0.2) is 70.0 Å². The van der Waals surface area contributed by atoms with Gasteiger partial charge in [0.25, 0.3) is 7.82 Å². The topological polar surface area (TPSA) is 111 Å². The van der Waals surface area contributed by atoms with E-state index in [-0.39, 0.29) is 26.1 Å². The molecule has 0 heterocycles. The highest BCUT2D eigenvalue weighted by Gasteiger charge is 2.21. The molecule has 2 atom stereocenters. The first kappa shape index (κ1) is 68.2. The smallest absolute Gasteiger partial charge is 0.306 e. The average Bonchev–Trinajstić information content (AvgIpc) is 3.33. The Bertz CT molecular complexity index is 1470. The second-order valence-electron chi connectivity index (χ2n) is 20.3. The molecule has 0 fully saturated rings. The third-order valence-electron chi connectivity index (χ3n) is 12.2. The Labute approximate surface area is 437 Å². The Morgan fingerprint density at radius 1 is 0.451 bits per heavy atom. The summed E-state index contributed by atoms with van der Waals surface area (Å²) in [4.78, 5) is 37.8. The number of unbranched alkanes of at least 4 members (excludes halogenated alkanes) is 24. The highest BCUT2D eigenvalue weighted by Crippen LogP contribution is 2.38. The van der Waals surface area contributed by atoms with E-state index in [1.807, 2.05) is 27.2 Å². The first-order valence-electron chi connectivity index (χ1n) is 28.8. The highest BCUT2D eigenvalue weighted by atomic mass is 31.2. The maximum absolute atomic E-state index is 12.8. The van der Waals surface area contributed by atoms with Crippen LogP contribution in [0.25, 0.3) is 0 Å². The molecule has 0 aliphatic heterocycles. The number of phosphoric acid groups is 1. The zero-order valence-electron chi connectivity index (χ0n) is 46.4. The van der Waals surface area contributed by atoms with Crippen LogP contribution in [0.5, 0.6) is 0 Å². The number of rotatable bonds is 52. The van der Waals surface area contributed by atoms with Crippen molar-refractivity contribution in [2.75, 3.05) is 47.5 Å². The summed E-state index contributed by atoms with van der Waals surface area (Å²) in [5, 5.41) is 0. The molecule has 0 spiro atoms. The Kier molecular flexibility index (Phi) is 50.0. The van der Waals surface area contributed by atoms with Gasteiger partial charge in [-0.1, -0.05) is 247 Å². The molecule has 71 heavy (non-hydrogen) atoms. The van der Waals surface area contributed by atoms with E-state index in [0.717, 1.165) is 64.2 Å². The van der Waals surface area contributed by atoms with E-state index in [1.165, 1.54) is 135 Å². The quantitative estimate of drug-likeness (QED) is 0.0195. The fraction of sp³-hybridized carbons (Fsp3) is 0.738. The summed E-state index contributed by atoms with van der Waals surface area (Å²) in [5.74, 6) is -0.900. The lowest BCUT2D eigenvalue weighted by Gasteiger charge is -2.28. The number of hydrogen-bond acceptors (Lipinski definition) is 8. The zero-order valence-corrected chi connectivity index (χ0v) is 47.3. The van der Waals surface area contributed by atoms with E-state index in [4.69, 9.17) is 18.5 Å². The summed E-state index contributed by atoms with van der Waals surface area (Å²) < 4.78 is 34.1. The third-order valence-corrected chi connectivity index (χ3v) is 13.1. The van der Waals surface area contributed by atoms with Gasteiger partial charge in [-0.15, -0.1) is 0 Å². The normalized spacial score (nSPS) is 13.9. The van der Waals surface area contributed by atoms with Gasteiger partial charge < -0.3 is 27.9 Å². The van der Waals surface area contributed by atoms with Crippen molar-refractivity contribution in [2.24, 2.45) is 0 Å². The van der Waals surface area contributed by atoms with Gasteiger partial charge in [-0.2, -0.15) is 0 Å². The molecule has 0 amide bonds. The van der Waals surface area contributed by atoms with Crippen molar-refractivity contribution in [2.45, 2.75) is 245 Å². The van der Waals surface area contributed by atoms with E-state index in [1.54, 1.807) is 0 Å². The zero-order chi connectivity index (χ0) is 52.0. The van der Waals surface area contributed by atoms with Crippen LogP contribution in [0.3, 0.4) is 0 Å². The molecule has 0 aliphatic rings. The molecule has 0 aromatic rings. The predicted molar refractivity (Wildman–Crippen MR) is 300 cm³/mol. The maximum Gasteiger partial charge on any atom is 0.306 e. The van der Waals surface area contributed by atoms with Crippen molar-refractivity contribution in [3.8, 4) is 0 Å². The van der Waals surface area contributed by atoms with Gasteiger partial charge in [0.2, 0.25) is 0 Å². The summed E-state index contributed by atoms with van der Waals surface area (Å²) in [6, 6.07) is 0. The van der Waals surface area contributed by atoms with Crippen molar-refractivity contribution >= 4 is 19.8 Å². The van der Waals surface area contributed by atoms with Crippen molar-refractivity contribution in [1.82, 2.24) is 0 Å². The number of phosphoric ester groups is 1. The van der Waals surface area contributed by atoms with Gasteiger partial charge >= 0.3 is 11.9 Å². The molecule has 0 rings (SSSR count). The SMILES string of the molecule is CC/C=C\C/C=C\C/C=C\C/C=C\C/C=C\C/C=C\C/C=C\CCCC(=O)OC(COC(=O)CCCCCCCCCCCCCCCCCCCCCCCCCC)COP(=O)([O-])OCC[N+](C)(C)C. The van der Waals surface area contributed by atoms with Crippen molar-refractivity contribution in [3.63, 3.8) is 0 Å². The van der Waals surface area contributed by atoms with Crippen LogP contribution >= 0.6 is 7.82 Å². The maximum atomic E-state index is 12.8. The third kappa shape index (κ3) is 56.3. The monoisotopic (exact) mass is 1010 g/mol. The van der Waals surface area contributed by atoms with Crippen LogP contribution in [0.2, 0.25) is 0 Å². The Balaban J connectivity index is 4.26. The minimum Gasteiger partial charge on any atom is -0.756 e. The average molecular weight is 1010 g/mol. The molecule has 2 unspecified atom stereocenters. The number of carbonyl (C=O) groups is 2.